The van der Waals surface area contributed by atoms with Gasteiger partial charge in [-0.25, -0.2) is 0 Å². The second-order valence-electron chi connectivity index (χ2n) is 5.59. The van der Waals surface area contributed by atoms with E-state index in [1.165, 1.54) is 12.2 Å². The number of allylic oxidation sites excluding steroid dienone is 2. The van der Waals surface area contributed by atoms with Crippen LogP contribution >= 0.6 is 0 Å². The summed E-state index contributed by atoms with van der Waals surface area (Å²) in [6.07, 6.45) is -0.544. The maximum atomic E-state index is 13.0. The molecule has 0 saturated heterocycles. The maximum absolute atomic E-state index is 13.0. The Morgan fingerprint density at radius 1 is 1.35 bits per heavy atom. The van der Waals surface area contributed by atoms with Gasteiger partial charge in [-0.15, -0.1) is 0 Å². The third-order valence-electron chi connectivity index (χ3n) is 3.83. The number of carbonyl (C=O) groups excluding carboxylic acids is 1. The number of aryl methyl sites for hydroxylation is 1. The second-order valence-corrected chi connectivity index (χ2v) is 5.59. The second kappa shape index (κ2) is 6.20. The van der Waals surface area contributed by atoms with E-state index < -0.39 is 29.7 Å². The first-order valence-corrected chi connectivity index (χ1v) is 7.14. The van der Waals surface area contributed by atoms with Crippen molar-refractivity contribution in [3.05, 3.63) is 59.7 Å². The minimum Gasteiger partial charge on any atom is -0.369 e. The quantitative estimate of drug-likeness (QED) is 0.922. The first-order chi connectivity index (χ1) is 10.7. The molecule has 1 aromatic carbocycles. The van der Waals surface area contributed by atoms with Gasteiger partial charge in [-0.3, -0.25) is 4.79 Å². The van der Waals surface area contributed by atoms with E-state index in [0.717, 1.165) is 12.5 Å². The van der Waals surface area contributed by atoms with Gasteiger partial charge in [0.25, 0.3) is 0 Å². The summed E-state index contributed by atoms with van der Waals surface area (Å²) in [5.41, 5.74) is 5.14. The Hall–Kier alpha value is -2.08. The van der Waals surface area contributed by atoms with E-state index in [0.29, 0.717) is 5.56 Å². The van der Waals surface area contributed by atoms with Crippen LogP contribution in [-0.2, 0) is 15.1 Å². The van der Waals surface area contributed by atoms with Crippen molar-refractivity contribution in [2.45, 2.75) is 31.7 Å². The van der Waals surface area contributed by atoms with E-state index in [9.17, 15) is 18.0 Å². The molecule has 3 atom stereocenters. The van der Waals surface area contributed by atoms with Crippen molar-refractivity contribution in [1.82, 2.24) is 0 Å². The molecule has 6 heteroatoms. The standard InChI is InChI=1S/C17H18F3NO2/c1-11-6-5-7-13(10-11)16(23-12(2)17(18,19)20)9-4-3-8-14(16)15(21)22/h3-10,12,14H,1-2H3,(H2,21,22). The van der Waals surface area contributed by atoms with Gasteiger partial charge in [0.05, 0.1) is 5.92 Å². The third-order valence-corrected chi connectivity index (χ3v) is 3.83. The number of ether oxygens (including phenoxy) is 1. The minimum atomic E-state index is -4.55. The molecular formula is C17H18F3NO2. The van der Waals surface area contributed by atoms with Gasteiger partial charge in [0, 0.05) is 0 Å². The molecule has 23 heavy (non-hydrogen) atoms. The summed E-state index contributed by atoms with van der Waals surface area (Å²) in [6, 6.07) is 6.85. The van der Waals surface area contributed by atoms with Crippen LogP contribution in [0.3, 0.4) is 0 Å². The molecule has 0 aromatic heterocycles. The summed E-state index contributed by atoms with van der Waals surface area (Å²) in [6.45, 7) is 2.73. The molecule has 2 N–H and O–H groups in total. The lowest BCUT2D eigenvalue weighted by Gasteiger charge is -2.40. The van der Waals surface area contributed by atoms with Crippen LogP contribution in [0, 0.1) is 12.8 Å². The predicted octanol–water partition coefficient (Wildman–Crippen LogP) is 3.39. The summed E-state index contributed by atoms with van der Waals surface area (Å²) in [5, 5.41) is 0. The molecule has 3 nitrogen and oxygen atoms in total. The molecule has 0 spiro atoms. The number of amides is 1. The zero-order chi connectivity index (χ0) is 17.3. The van der Waals surface area contributed by atoms with Crippen molar-refractivity contribution in [1.29, 1.82) is 0 Å². The van der Waals surface area contributed by atoms with Crippen molar-refractivity contribution >= 4 is 5.91 Å². The van der Waals surface area contributed by atoms with Crippen molar-refractivity contribution in [3.8, 4) is 0 Å². The van der Waals surface area contributed by atoms with Crippen LogP contribution in [-0.4, -0.2) is 18.2 Å². The largest absolute Gasteiger partial charge is 0.414 e. The Bertz CT molecular complexity index is 651. The van der Waals surface area contributed by atoms with Crippen molar-refractivity contribution in [2.24, 2.45) is 11.7 Å². The molecule has 3 unspecified atom stereocenters. The summed E-state index contributed by atoms with van der Waals surface area (Å²) < 4.78 is 44.4. The third kappa shape index (κ3) is 3.47. The monoisotopic (exact) mass is 325 g/mol. The van der Waals surface area contributed by atoms with Crippen LogP contribution in [0.15, 0.2) is 48.6 Å². The highest BCUT2D eigenvalue weighted by Gasteiger charge is 2.48. The van der Waals surface area contributed by atoms with E-state index in [1.807, 2.05) is 13.0 Å². The van der Waals surface area contributed by atoms with E-state index in [-0.39, 0.29) is 0 Å². The average molecular weight is 325 g/mol. The number of halogens is 3. The van der Waals surface area contributed by atoms with E-state index >= 15 is 0 Å². The van der Waals surface area contributed by atoms with Crippen molar-refractivity contribution in [2.75, 3.05) is 0 Å². The number of nitrogens with two attached hydrogens (primary N) is 1. The fraction of sp³-hybridized carbons (Fsp3) is 0.353. The van der Waals surface area contributed by atoms with Crippen LogP contribution in [0.2, 0.25) is 0 Å². The molecule has 1 aliphatic carbocycles. The van der Waals surface area contributed by atoms with Gasteiger partial charge in [-0.05, 0) is 25.5 Å². The fourth-order valence-corrected chi connectivity index (χ4v) is 2.63. The Morgan fingerprint density at radius 2 is 2.04 bits per heavy atom. The summed E-state index contributed by atoms with van der Waals surface area (Å²) >= 11 is 0. The first kappa shape index (κ1) is 17.3. The highest BCUT2D eigenvalue weighted by atomic mass is 19.4. The molecule has 0 bridgehead atoms. The Labute approximate surface area is 132 Å². The van der Waals surface area contributed by atoms with Gasteiger partial charge in [0.1, 0.15) is 5.60 Å². The molecule has 1 aromatic rings. The number of benzene rings is 1. The van der Waals surface area contributed by atoms with Gasteiger partial charge in [-0.1, -0.05) is 48.1 Å². The van der Waals surface area contributed by atoms with Gasteiger partial charge < -0.3 is 10.5 Å². The lowest BCUT2D eigenvalue weighted by molar-refractivity contribution is -0.246. The average Bonchev–Trinajstić information content (AvgIpc) is 2.46. The van der Waals surface area contributed by atoms with E-state index in [4.69, 9.17) is 10.5 Å². The molecule has 2 rings (SSSR count). The lowest BCUT2D eigenvalue weighted by Crippen LogP contribution is -2.48. The van der Waals surface area contributed by atoms with E-state index in [2.05, 4.69) is 0 Å². The molecule has 0 aliphatic heterocycles. The zero-order valence-electron chi connectivity index (χ0n) is 12.8. The van der Waals surface area contributed by atoms with Gasteiger partial charge in [-0.2, -0.15) is 13.2 Å². The van der Waals surface area contributed by atoms with Crippen molar-refractivity contribution in [3.63, 3.8) is 0 Å². The molecule has 124 valence electrons. The predicted molar refractivity (Wildman–Crippen MR) is 80.4 cm³/mol. The van der Waals surface area contributed by atoms with Crippen LogP contribution in [0.4, 0.5) is 13.2 Å². The van der Waals surface area contributed by atoms with Crippen LogP contribution in [0.5, 0.6) is 0 Å². The lowest BCUT2D eigenvalue weighted by atomic mass is 9.77. The number of hydrogen-bond acceptors (Lipinski definition) is 2. The fourth-order valence-electron chi connectivity index (χ4n) is 2.63. The number of alkyl halides is 3. The first-order valence-electron chi connectivity index (χ1n) is 7.14. The number of rotatable bonds is 4. The molecule has 0 saturated carbocycles. The van der Waals surface area contributed by atoms with Crippen LogP contribution in [0.25, 0.3) is 0 Å². The highest BCUT2D eigenvalue weighted by Crippen LogP contribution is 2.42. The summed E-state index contributed by atoms with van der Waals surface area (Å²) in [7, 11) is 0. The molecule has 0 radical (unpaired) electrons. The van der Waals surface area contributed by atoms with Gasteiger partial charge in [0.2, 0.25) is 5.91 Å². The van der Waals surface area contributed by atoms with Crippen molar-refractivity contribution < 1.29 is 22.7 Å². The number of primary amides is 1. The molecule has 1 aliphatic rings. The Kier molecular flexibility index (Phi) is 4.66. The minimum absolute atomic E-state index is 0.456. The molecule has 0 fully saturated rings. The summed E-state index contributed by atoms with van der Waals surface area (Å²) in [5.74, 6) is -1.78. The zero-order valence-corrected chi connectivity index (χ0v) is 12.8. The topological polar surface area (TPSA) is 52.3 Å². The normalized spacial score (nSPS) is 25.3. The van der Waals surface area contributed by atoms with Gasteiger partial charge in [0.15, 0.2) is 6.10 Å². The number of carbonyl (C=O) groups is 1. The van der Waals surface area contributed by atoms with Crippen LogP contribution in [0.1, 0.15) is 18.1 Å². The Morgan fingerprint density at radius 3 is 2.61 bits per heavy atom. The smallest absolute Gasteiger partial charge is 0.369 e. The molecular weight excluding hydrogens is 307 g/mol. The molecule has 0 heterocycles. The van der Waals surface area contributed by atoms with Gasteiger partial charge >= 0.3 is 6.18 Å². The maximum Gasteiger partial charge on any atom is 0.414 e. The SMILES string of the molecule is Cc1cccc(C2(OC(C)C(F)(F)F)C=CC=CC2C(N)=O)c1. The van der Waals surface area contributed by atoms with E-state index in [1.54, 1.807) is 30.4 Å². The highest BCUT2D eigenvalue weighted by molar-refractivity contribution is 5.81. The van der Waals surface area contributed by atoms with Crippen LogP contribution < -0.4 is 5.73 Å². The summed E-state index contributed by atoms with van der Waals surface area (Å²) in [4.78, 5) is 11.8. The number of hydrogen-bond donors (Lipinski definition) is 1. The Balaban J connectivity index is 2.57. The molecule has 1 amide bonds.